The molecule has 1 aromatic carbocycles. The molecule has 0 aliphatic rings. The van der Waals surface area contributed by atoms with Gasteiger partial charge in [-0.1, -0.05) is 41.9 Å². The van der Waals surface area contributed by atoms with Crippen LogP contribution in [-0.2, 0) is 0 Å². The molecule has 1 unspecified atom stereocenters. The monoisotopic (exact) mass is 299 g/mol. The largest absolute Gasteiger partial charge is 0.395 e. The Kier molecular flexibility index (Phi) is 6.17. The van der Waals surface area contributed by atoms with Crippen molar-refractivity contribution in [2.75, 3.05) is 6.61 Å². The third kappa shape index (κ3) is 5.19. The van der Waals surface area contributed by atoms with Crippen LogP contribution in [0.5, 0.6) is 0 Å². The van der Waals surface area contributed by atoms with Gasteiger partial charge in [0.25, 0.3) is 0 Å². The van der Waals surface area contributed by atoms with Gasteiger partial charge >= 0.3 is 0 Å². The zero-order valence-corrected chi connectivity index (χ0v) is 12.4. The maximum Gasteiger partial charge on any atom is 0.0584 e. The molecule has 0 radical (unpaired) electrons. The average molecular weight is 300 g/mol. The molecule has 0 bridgehead atoms. The van der Waals surface area contributed by atoms with Gasteiger partial charge in [0.15, 0.2) is 0 Å². The van der Waals surface area contributed by atoms with Crippen LogP contribution in [-0.4, -0.2) is 17.8 Å². The van der Waals surface area contributed by atoms with E-state index in [1.807, 2.05) is 12.1 Å². The van der Waals surface area contributed by atoms with Gasteiger partial charge in [0.05, 0.1) is 6.61 Å². The number of benzene rings is 1. The maximum absolute atomic E-state index is 9.34. The molecule has 0 heterocycles. The minimum Gasteiger partial charge on any atom is -0.395 e. The van der Waals surface area contributed by atoms with Gasteiger partial charge in [0, 0.05) is 16.6 Å². The van der Waals surface area contributed by atoms with Gasteiger partial charge in [-0.2, -0.15) is 0 Å². The predicted octanol–water partition coefficient (Wildman–Crippen LogP) is 3.51. The smallest absolute Gasteiger partial charge is 0.0584 e. The first-order valence-electron chi connectivity index (χ1n) is 6.15. The molecule has 0 aromatic heterocycles. The molecule has 0 aliphatic carbocycles. The Balaban J connectivity index is 2.57. The van der Waals surface area contributed by atoms with E-state index in [1.165, 1.54) is 5.56 Å². The van der Waals surface area contributed by atoms with Gasteiger partial charge in [0.1, 0.15) is 0 Å². The summed E-state index contributed by atoms with van der Waals surface area (Å²) in [5, 5.41) is 12.8. The second-order valence-corrected chi connectivity index (χ2v) is 5.86. The van der Waals surface area contributed by atoms with Crippen LogP contribution in [0.25, 0.3) is 0 Å². The Labute approximate surface area is 113 Å². The van der Waals surface area contributed by atoms with E-state index >= 15 is 0 Å². The van der Waals surface area contributed by atoms with Crippen molar-refractivity contribution in [3.63, 3.8) is 0 Å². The zero-order chi connectivity index (χ0) is 12.8. The van der Waals surface area contributed by atoms with Crippen molar-refractivity contribution in [3.05, 3.63) is 34.3 Å². The molecule has 0 saturated heterocycles. The first-order valence-corrected chi connectivity index (χ1v) is 6.94. The molecule has 0 spiro atoms. The number of nitrogens with one attached hydrogen (secondary N) is 1. The van der Waals surface area contributed by atoms with E-state index in [1.54, 1.807) is 0 Å². The van der Waals surface area contributed by atoms with E-state index in [0.717, 1.165) is 10.9 Å². The Morgan fingerprint density at radius 1 is 1.18 bits per heavy atom. The summed E-state index contributed by atoms with van der Waals surface area (Å²) >= 11 is 3.43. The average Bonchev–Trinajstić information content (AvgIpc) is 2.28. The fraction of sp³-hybridized carbons (Fsp3) is 0.571. The first-order chi connectivity index (χ1) is 8.02. The highest BCUT2D eigenvalue weighted by atomic mass is 79.9. The lowest BCUT2D eigenvalue weighted by molar-refractivity contribution is 0.215. The predicted molar refractivity (Wildman–Crippen MR) is 76.0 cm³/mol. The molecule has 3 heteroatoms. The second-order valence-electron chi connectivity index (χ2n) is 4.95. The third-order valence-electron chi connectivity index (χ3n) is 2.83. The van der Waals surface area contributed by atoms with Gasteiger partial charge < -0.3 is 10.4 Å². The minimum atomic E-state index is 0.175. The van der Waals surface area contributed by atoms with Gasteiger partial charge in [-0.05, 0) is 37.0 Å². The van der Waals surface area contributed by atoms with E-state index in [4.69, 9.17) is 0 Å². The Hall–Kier alpha value is -0.380. The molecule has 96 valence electrons. The van der Waals surface area contributed by atoms with Crippen molar-refractivity contribution in [2.45, 2.75) is 39.3 Å². The van der Waals surface area contributed by atoms with Crippen LogP contribution < -0.4 is 5.32 Å². The van der Waals surface area contributed by atoms with E-state index in [9.17, 15) is 5.11 Å². The fourth-order valence-corrected chi connectivity index (χ4v) is 2.23. The molecule has 0 aliphatic heterocycles. The summed E-state index contributed by atoms with van der Waals surface area (Å²) in [6, 6.07) is 8.73. The number of hydrogen-bond donors (Lipinski definition) is 2. The lowest BCUT2D eigenvalue weighted by Gasteiger charge is -2.23. The van der Waals surface area contributed by atoms with Crippen LogP contribution in [0.1, 0.15) is 38.8 Å². The quantitative estimate of drug-likeness (QED) is 0.842. The number of aliphatic hydroxyl groups is 1. The van der Waals surface area contributed by atoms with Crippen LogP contribution in [0.2, 0.25) is 0 Å². The zero-order valence-electron chi connectivity index (χ0n) is 10.8. The summed E-state index contributed by atoms with van der Waals surface area (Å²) in [6.45, 7) is 6.68. The van der Waals surface area contributed by atoms with E-state index in [-0.39, 0.29) is 18.7 Å². The van der Waals surface area contributed by atoms with Crippen LogP contribution in [0.4, 0.5) is 0 Å². The highest BCUT2D eigenvalue weighted by molar-refractivity contribution is 9.10. The molecule has 1 rings (SSSR count). The summed E-state index contributed by atoms with van der Waals surface area (Å²) in [5.74, 6) is 0.594. The van der Waals surface area contributed by atoms with Crippen LogP contribution >= 0.6 is 15.9 Å². The minimum absolute atomic E-state index is 0.175. The van der Waals surface area contributed by atoms with Gasteiger partial charge in [-0.15, -0.1) is 0 Å². The van der Waals surface area contributed by atoms with Crippen molar-refractivity contribution in [3.8, 4) is 0 Å². The topological polar surface area (TPSA) is 32.3 Å². The lowest BCUT2D eigenvalue weighted by atomic mass is 10.0. The molecule has 17 heavy (non-hydrogen) atoms. The molecular formula is C14H22BrNO. The highest BCUT2D eigenvalue weighted by Crippen LogP contribution is 2.18. The number of aliphatic hydroxyl groups excluding tert-OH is 1. The van der Waals surface area contributed by atoms with Gasteiger partial charge in [-0.25, -0.2) is 0 Å². The lowest BCUT2D eigenvalue weighted by Crippen LogP contribution is -2.35. The van der Waals surface area contributed by atoms with E-state index in [2.05, 4.69) is 54.2 Å². The summed E-state index contributed by atoms with van der Waals surface area (Å²) in [6.07, 6.45) is 0.997. The molecule has 0 saturated carbocycles. The SMILES string of the molecule is CC(C)C[C@@H](CO)NC(C)c1ccc(Br)cc1. The van der Waals surface area contributed by atoms with E-state index in [0.29, 0.717) is 5.92 Å². The Bertz CT molecular complexity index is 323. The summed E-state index contributed by atoms with van der Waals surface area (Å²) < 4.78 is 1.09. The standard InChI is InChI=1S/C14H22BrNO/c1-10(2)8-14(9-17)16-11(3)12-4-6-13(15)7-5-12/h4-7,10-11,14,16-17H,8-9H2,1-3H3/t11?,14-/m0/s1. The summed E-state index contributed by atoms with van der Waals surface area (Å²) in [7, 11) is 0. The van der Waals surface area contributed by atoms with Gasteiger partial charge in [-0.3, -0.25) is 0 Å². The molecular weight excluding hydrogens is 278 g/mol. The van der Waals surface area contributed by atoms with Crippen molar-refractivity contribution < 1.29 is 5.11 Å². The molecule has 2 N–H and O–H groups in total. The van der Waals surface area contributed by atoms with Crippen molar-refractivity contribution in [1.29, 1.82) is 0 Å². The fourth-order valence-electron chi connectivity index (χ4n) is 1.97. The maximum atomic E-state index is 9.34. The molecule has 1 aromatic rings. The molecule has 2 nitrogen and oxygen atoms in total. The van der Waals surface area contributed by atoms with Crippen molar-refractivity contribution in [1.82, 2.24) is 5.32 Å². The number of halogens is 1. The highest BCUT2D eigenvalue weighted by Gasteiger charge is 2.13. The van der Waals surface area contributed by atoms with Crippen molar-refractivity contribution in [2.24, 2.45) is 5.92 Å². The van der Waals surface area contributed by atoms with Crippen molar-refractivity contribution >= 4 is 15.9 Å². The molecule has 0 amide bonds. The number of rotatable bonds is 6. The molecule has 2 atom stereocenters. The van der Waals surface area contributed by atoms with Crippen LogP contribution in [0.3, 0.4) is 0 Å². The second kappa shape index (κ2) is 7.14. The Morgan fingerprint density at radius 3 is 2.24 bits per heavy atom. The summed E-state index contributed by atoms with van der Waals surface area (Å²) in [4.78, 5) is 0. The Morgan fingerprint density at radius 2 is 1.76 bits per heavy atom. The van der Waals surface area contributed by atoms with E-state index < -0.39 is 0 Å². The normalized spacial score (nSPS) is 14.9. The van der Waals surface area contributed by atoms with Gasteiger partial charge in [0.2, 0.25) is 0 Å². The molecule has 0 fully saturated rings. The summed E-state index contributed by atoms with van der Waals surface area (Å²) in [5.41, 5.74) is 1.25. The third-order valence-corrected chi connectivity index (χ3v) is 3.36. The first kappa shape index (κ1) is 14.7. The van der Waals surface area contributed by atoms with Crippen LogP contribution in [0, 0.1) is 5.92 Å². The number of hydrogen-bond acceptors (Lipinski definition) is 2. The van der Waals surface area contributed by atoms with Crippen LogP contribution in [0.15, 0.2) is 28.7 Å².